The van der Waals surface area contributed by atoms with Crippen LogP contribution in [-0.4, -0.2) is 39.7 Å². The highest BCUT2D eigenvalue weighted by atomic mass is 19.1. The quantitative estimate of drug-likeness (QED) is 0.750. The summed E-state index contributed by atoms with van der Waals surface area (Å²) in [6.45, 7) is 1.38. The average molecular weight is 390 g/mol. The second-order valence-corrected chi connectivity index (χ2v) is 5.89. The van der Waals surface area contributed by atoms with Gasteiger partial charge in [0.15, 0.2) is 11.5 Å². The number of ether oxygens (including phenoxy) is 3. The van der Waals surface area contributed by atoms with E-state index in [9.17, 15) is 14.0 Å². The summed E-state index contributed by atoms with van der Waals surface area (Å²) in [5.74, 6) is 0.0855. The Morgan fingerprint density at radius 3 is 2.04 bits per heavy atom. The molecule has 0 aliphatic carbocycles. The molecule has 0 atom stereocenters. The zero-order valence-electron chi connectivity index (χ0n) is 16.2. The van der Waals surface area contributed by atoms with E-state index in [1.165, 1.54) is 45.3 Å². The van der Waals surface area contributed by atoms with Crippen molar-refractivity contribution in [3.8, 4) is 17.2 Å². The first-order valence-corrected chi connectivity index (χ1v) is 8.48. The number of rotatable bonds is 8. The number of carbonyl (C=O) groups excluding carboxylic acids is 2. The molecule has 0 heterocycles. The van der Waals surface area contributed by atoms with E-state index in [2.05, 4.69) is 5.32 Å². The van der Waals surface area contributed by atoms with Crippen molar-refractivity contribution < 1.29 is 28.2 Å². The molecule has 150 valence electrons. The number of anilines is 1. The average Bonchev–Trinajstić information content (AvgIpc) is 2.70. The Kier molecular flexibility index (Phi) is 7.20. The largest absolute Gasteiger partial charge is 0.493 e. The lowest BCUT2D eigenvalue weighted by Crippen LogP contribution is -2.39. The fraction of sp³-hybridized carbons (Fsp3) is 0.300. The Balaban J connectivity index is 2.17. The Bertz CT molecular complexity index is 814. The maximum absolute atomic E-state index is 13.0. The van der Waals surface area contributed by atoms with E-state index in [1.54, 1.807) is 24.3 Å². The van der Waals surface area contributed by atoms with Crippen LogP contribution in [0.5, 0.6) is 17.2 Å². The highest BCUT2D eigenvalue weighted by Crippen LogP contribution is 2.41. The predicted molar refractivity (Wildman–Crippen MR) is 102 cm³/mol. The van der Waals surface area contributed by atoms with Crippen LogP contribution in [0.25, 0.3) is 0 Å². The van der Waals surface area contributed by atoms with E-state index in [1.807, 2.05) is 0 Å². The van der Waals surface area contributed by atoms with Crippen LogP contribution in [0.2, 0.25) is 0 Å². The zero-order valence-corrected chi connectivity index (χ0v) is 16.2. The number of carbonyl (C=O) groups is 2. The molecule has 8 heteroatoms. The molecule has 0 saturated carbocycles. The van der Waals surface area contributed by atoms with Gasteiger partial charge < -0.3 is 24.4 Å². The van der Waals surface area contributed by atoms with Crippen LogP contribution >= 0.6 is 0 Å². The number of hydrogen-bond acceptors (Lipinski definition) is 5. The molecule has 0 saturated heterocycles. The number of hydrogen-bond donors (Lipinski definition) is 1. The lowest BCUT2D eigenvalue weighted by molar-refractivity contribution is -0.123. The van der Waals surface area contributed by atoms with Gasteiger partial charge in [-0.2, -0.15) is 0 Å². The summed E-state index contributed by atoms with van der Waals surface area (Å²) in [6, 6.07) is 8.99. The molecule has 2 amide bonds. The molecule has 0 fully saturated rings. The van der Waals surface area contributed by atoms with Crippen molar-refractivity contribution in [3.05, 3.63) is 47.8 Å². The fourth-order valence-electron chi connectivity index (χ4n) is 2.61. The predicted octanol–water partition coefficient (Wildman–Crippen LogP) is 2.52. The molecule has 2 rings (SSSR count). The first-order chi connectivity index (χ1) is 13.4. The van der Waals surface area contributed by atoms with Gasteiger partial charge in [-0.1, -0.05) is 12.1 Å². The summed E-state index contributed by atoms with van der Waals surface area (Å²) in [4.78, 5) is 25.8. The van der Waals surface area contributed by atoms with E-state index in [4.69, 9.17) is 14.2 Å². The maximum atomic E-state index is 13.0. The smallest absolute Gasteiger partial charge is 0.240 e. The van der Waals surface area contributed by atoms with Crippen molar-refractivity contribution in [2.24, 2.45) is 0 Å². The lowest BCUT2D eigenvalue weighted by Gasteiger charge is -2.23. The van der Waals surface area contributed by atoms with Crippen molar-refractivity contribution in [2.75, 3.05) is 32.8 Å². The topological polar surface area (TPSA) is 77.1 Å². The molecule has 2 aromatic rings. The summed E-state index contributed by atoms with van der Waals surface area (Å²) >= 11 is 0. The molecule has 0 aliphatic rings. The van der Waals surface area contributed by atoms with Crippen LogP contribution in [0, 0.1) is 5.82 Å². The number of nitrogens with one attached hydrogen (secondary N) is 1. The van der Waals surface area contributed by atoms with Gasteiger partial charge in [0.2, 0.25) is 17.6 Å². The van der Waals surface area contributed by atoms with Crippen molar-refractivity contribution in [3.63, 3.8) is 0 Å². The van der Waals surface area contributed by atoms with Gasteiger partial charge in [-0.05, 0) is 17.7 Å². The van der Waals surface area contributed by atoms with E-state index in [-0.39, 0.29) is 30.7 Å². The van der Waals surface area contributed by atoms with Crippen molar-refractivity contribution in [1.29, 1.82) is 0 Å². The van der Waals surface area contributed by atoms with Crippen molar-refractivity contribution >= 4 is 17.5 Å². The standard InChI is InChI=1S/C20H23FN2O5/c1-13(24)23(12-19(25)22-11-14-5-7-15(21)8-6-14)16-9-17(26-2)20(28-4)18(10-16)27-3/h5-10H,11-12H2,1-4H3,(H,22,25). The van der Waals surface area contributed by atoms with Crippen LogP contribution in [0.4, 0.5) is 10.1 Å². The lowest BCUT2D eigenvalue weighted by atomic mass is 10.2. The fourth-order valence-corrected chi connectivity index (χ4v) is 2.61. The number of halogens is 1. The first kappa shape index (κ1) is 21.0. The summed E-state index contributed by atoms with van der Waals surface area (Å²) in [5, 5.41) is 2.71. The Morgan fingerprint density at radius 2 is 1.57 bits per heavy atom. The van der Waals surface area contributed by atoms with Crippen LogP contribution in [0.1, 0.15) is 12.5 Å². The molecule has 1 N–H and O–H groups in total. The third kappa shape index (κ3) is 5.12. The summed E-state index contributed by atoms with van der Waals surface area (Å²) in [6.07, 6.45) is 0. The van der Waals surface area contributed by atoms with Crippen LogP contribution in [0.15, 0.2) is 36.4 Å². The molecule has 0 radical (unpaired) electrons. The SMILES string of the molecule is COc1cc(N(CC(=O)NCc2ccc(F)cc2)C(C)=O)cc(OC)c1OC. The summed E-state index contributed by atoms with van der Waals surface area (Å²) in [7, 11) is 4.41. The van der Waals surface area contributed by atoms with E-state index in [0.717, 1.165) is 5.56 Å². The highest BCUT2D eigenvalue weighted by molar-refractivity contribution is 5.98. The maximum Gasteiger partial charge on any atom is 0.240 e. The zero-order chi connectivity index (χ0) is 20.7. The number of benzene rings is 2. The second-order valence-electron chi connectivity index (χ2n) is 5.89. The Labute approximate surface area is 163 Å². The van der Waals surface area contributed by atoms with Gasteiger partial charge in [0.05, 0.1) is 27.0 Å². The van der Waals surface area contributed by atoms with Gasteiger partial charge in [0, 0.05) is 25.6 Å². The number of methoxy groups -OCH3 is 3. The van der Waals surface area contributed by atoms with Gasteiger partial charge in [0.25, 0.3) is 0 Å². The molecule has 7 nitrogen and oxygen atoms in total. The molecule has 0 aliphatic heterocycles. The van der Waals surface area contributed by atoms with Crippen LogP contribution in [0.3, 0.4) is 0 Å². The van der Waals surface area contributed by atoms with Gasteiger partial charge in [0.1, 0.15) is 12.4 Å². The Hall–Kier alpha value is -3.29. The minimum absolute atomic E-state index is 0.199. The van der Waals surface area contributed by atoms with Gasteiger partial charge in [-0.25, -0.2) is 4.39 Å². The molecule has 28 heavy (non-hydrogen) atoms. The third-order valence-electron chi connectivity index (χ3n) is 4.05. The molecule has 2 aromatic carbocycles. The molecule has 0 spiro atoms. The Morgan fingerprint density at radius 1 is 1.00 bits per heavy atom. The van der Waals surface area contributed by atoms with Crippen molar-refractivity contribution in [1.82, 2.24) is 5.32 Å². The van der Waals surface area contributed by atoms with Crippen LogP contribution in [-0.2, 0) is 16.1 Å². The minimum atomic E-state index is -0.367. The van der Waals surface area contributed by atoms with Crippen LogP contribution < -0.4 is 24.4 Å². The van der Waals surface area contributed by atoms with E-state index in [0.29, 0.717) is 22.9 Å². The second kappa shape index (κ2) is 9.59. The molecular weight excluding hydrogens is 367 g/mol. The van der Waals surface area contributed by atoms with Gasteiger partial charge >= 0.3 is 0 Å². The first-order valence-electron chi connectivity index (χ1n) is 8.48. The molecule has 0 aromatic heterocycles. The van der Waals surface area contributed by atoms with Gasteiger partial charge in [-0.15, -0.1) is 0 Å². The summed E-state index contributed by atoms with van der Waals surface area (Å²) < 4.78 is 28.8. The number of amides is 2. The third-order valence-corrected chi connectivity index (χ3v) is 4.05. The van der Waals surface area contributed by atoms with E-state index < -0.39 is 0 Å². The van der Waals surface area contributed by atoms with E-state index >= 15 is 0 Å². The molecule has 0 unspecified atom stereocenters. The minimum Gasteiger partial charge on any atom is -0.493 e. The van der Waals surface area contributed by atoms with Crippen molar-refractivity contribution in [2.45, 2.75) is 13.5 Å². The summed E-state index contributed by atoms with van der Waals surface area (Å²) in [5.41, 5.74) is 1.18. The molecular formula is C20H23FN2O5. The monoisotopic (exact) mass is 390 g/mol. The van der Waals surface area contributed by atoms with Gasteiger partial charge in [-0.3, -0.25) is 9.59 Å². The normalized spacial score (nSPS) is 10.2. The molecule has 0 bridgehead atoms. The highest BCUT2D eigenvalue weighted by Gasteiger charge is 2.21. The number of nitrogens with zero attached hydrogens (tertiary/aromatic N) is 1.